The van der Waals surface area contributed by atoms with Crippen LogP contribution in [0.15, 0.2) is 0 Å². The maximum absolute atomic E-state index is 9.40. The summed E-state index contributed by atoms with van der Waals surface area (Å²) in [5.41, 5.74) is -0.979. The third-order valence-corrected chi connectivity index (χ3v) is 2.04. The summed E-state index contributed by atoms with van der Waals surface area (Å²) < 4.78 is 0. The van der Waals surface area contributed by atoms with Gasteiger partial charge in [0.25, 0.3) is 0 Å². The molecule has 74 valence electrons. The van der Waals surface area contributed by atoms with Gasteiger partial charge in [-0.05, 0) is 19.4 Å². The third-order valence-electron chi connectivity index (χ3n) is 2.04. The average molecular weight is 175 g/mol. The van der Waals surface area contributed by atoms with Gasteiger partial charge in [0.05, 0.1) is 12.2 Å². The van der Waals surface area contributed by atoms with Gasteiger partial charge < -0.3 is 15.5 Å². The van der Waals surface area contributed by atoms with Gasteiger partial charge in [0.15, 0.2) is 0 Å². The molecule has 0 rings (SSSR count). The van der Waals surface area contributed by atoms with Gasteiger partial charge in [-0.15, -0.1) is 0 Å². The standard InChI is InChI=1S/C9H21NO2/c1-4-8(2)5-10-6-9(3,12)7-11/h8,10-12H,4-7H2,1-3H3. The van der Waals surface area contributed by atoms with Crippen molar-refractivity contribution < 1.29 is 10.2 Å². The van der Waals surface area contributed by atoms with Gasteiger partial charge in [-0.2, -0.15) is 0 Å². The van der Waals surface area contributed by atoms with Crippen LogP contribution in [0.2, 0.25) is 0 Å². The Bertz CT molecular complexity index is 115. The minimum atomic E-state index is -0.979. The topological polar surface area (TPSA) is 52.5 Å². The quantitative estimate of drug-likeness (QED) is 0.546. The predicted octanol–water partition coefficient (Wildman–Crippen LogP) is 0.365. The second-order valence-electron chi connectivity index (χ2n) is 3.80. The van der Waals surface area contributed by atoms with E-state index in [0.717, 1.165) is 13.0 Å². The molecule has 0 fully saturated rings. The Morgan fingerprint density at radius 3 is 2.50 bits per heavy atom. The van der Waals surface area contributed by atoms with E-state index >= 15 is 0 Å². The maximum atomic E-state index is 9.40. The van der Waals surface area contributed by atoms with E-state index in [-0.39, 0.29) is 6.61 Å². The molecule has 2 unspecified atom stereocenters. The average Bonchev–Trinajstić information content (AvgIpc) is 2.04. The first-order valence-electron chi connectivity index (χ1n) is 4.56. The van der Waals surface area contributed by atoms with Crippen LogP contribution in [-0.4, -0.2) is 35.5 Å². The Balaban J connectivity index is 3.42. The van der Waals surface area contributed by atoms with E-state index in [4.69, 9.17) is 5.11 Å². The normalized spacial score (nSPS) is 18.8. The van der Waals surface area contributed by atoms with Gasteiger partial charge in [0.2, 0.25) is 0 Å². The Morgan fingerprint density at radius 2 is 2.08 bits per heavy atom. The number of hydrogen-bond acceptors (Lipinski definition) is 3. The zero-order valence-electron chi connectivity index (χ0n) is 8.30. The van der Waals surface area contributed by atoms with Gasteiger partial charge in [-0.3, -0.25) is 0 Å². The van der Waals surface area contributed by atoms with Crippen molar-refractivity contribution in [3.05, 3.63) is 0 Å². The van der Waals surface area contributed by atoms with Crippen molar-refractivity contribution in [3.63, 3.8) is 0 Å². The highest BCUT2D eigenvalue weighted by Gasteiger charge is 2.17. The molecule has 0 saturated heterocycles. The van der Waals surface area contributed by atoms with E-state index in [1.807, 2.05) is 0 Å². The van der Waals surface area contributed by atoms with Crippen LogP contribution >= 0.6 is 0 Å². The Kier molecular flexibility index (Phi) is 5.46. The minimum Gasteiger partial charge on any atom is -0.393 e. The van der Waals surface area contributed by atoms with Crippen molar-refractivity contribution in [2.24, 2.45) is 5.92 Å². The molecular formula is C9H21NO2. The summed E-state index contributed by atoms with van der Waals surface area (Å²) in [6.45, 7) is 7.06. The second kappa shape index (κ2) is 5.51. The van der Waals surface area contributed by atoms with Gasteiger partial charge in [0.1, 0.15) is 0 Å². The first-order valence-corrected chi connectivity index (χ1v) is 4.56. The van der Waals surface area contributed by atoms with Gasteiger partial charge >= 0.3 is 0 Å². The van der Waals surface area contributed by atoms with Crippen molar-refractivity contribution in [2.45, 2.75) is 32.8 Å². The molecule has 0 radical (unpaired) electrons. The van der Waals surface area contributed by atoms with Crippen LogP contribution in [0.1, 0.15) is 27.2 Å². The molecule has 0 aliphatic heterocycles. The molecule has 0 aromatic rings. The predicted molar refractivity (Wildman–Crippen MR) is 50.0 cm³/mol. The lowest BCUT2D eigenvalue weighted by molar-refractivity contribution is 0.00233. The first kappa shape index (κ1) is 11.9. The molecule has 3 N–H and O–H groups in total. The Labute approximate surface area is 74.8 Å². The second-order valence-corrected chi connectivity index (χ2v) is 3.80. The smallest absolute Gasteiger partial charge is 0.0972 e. The highest BCUT2D eigenvalue weighted by molar-refractivity contribution is 4.74. The van der Waals surface area contributed by atoms with Gasteiger partial charge in [-0.1, -0.05) is 20.3 Å². The fourth-order valence-corrected chi connectivity index (χ4v) is 0.788. The van der Waals surface area contributed by atoms with Crippen molar-refractivity contribution in [3.8, 4) is 0 Å². The van der Waals surface area contributed by atoms with E-state index in [2.05, 4.69) is 19.2 Å². The highest BCUT2D eigenvalue weighted by atomic mass is 16.3. The molecule has 0 saturated carbocycles. The van der Waals surface area contributed by atoms with Crippen LogP contribution in [0.4, 0.5) is 0 Å². The summed E-state index contributed by atoms with van der Waals surface area (Å²) in [4.78, 5) is 0. The maximum Gasteiger partial charge on any atom is 0.0972 e. The zero-order chi connectivity index (χ0) is 9.61. The fourth-order valence-electron chi connectivity index (χ4n) is 0.788. The lowest BCUT2D eigenvalue weighted by Gasteiger charge is -2.21. The Morgan fingerprint density at radius 1 is 1.50 bits per heavy atom. The van der Waals surface area contributed by atoms with E-state index in [9.17, 15) is 5.11 Å². The summed E-state index contributed by atoms with van der Waals surface area (Å²) in [6.07, 6.45) is 1.13. The van der Waals surface area contributed by atoms with Crippen molar-refractivity contribution in [1.82, 2.24) is 5.32 Å². The molecule has 0 aromatic heterocycles. The molecule has 0 bridgehead atoms. The minimum absolute atomic E-state index is 0.194. The molecule has 3 nitrogen and oxygen atoms in total. The van der Waals surface area contributed by atoms with E-state index < -0.39 is 5.60 Å². The molecule has 0 aliphatic carbocycles. The van der Waals surface area contributed by atoms with Crippen molar-refractivity contribution >= 4 is 0 Å². The van der Waals surface area contributed by atoms with E-state index in [0.29, 0.717) is 12.5 Å². The van der Waals surface area contributed by atoms with Gasteiger partial charge in [-0.25, -0.2) is 0 Å². The summed E-state index contributed by atoms with van der Waals surface area (Å²) in [5.74, 6) is 0.625. The van der Waals surface area contributed by atoms with Crippen LogP contribution < -0.4 is 5.32 Å². The largest absolute Gasteiger partial charge is 0.393 e. The van der Waals surface area contributed by atoms with Crippen LogP contribution in [0, 0.1) is 5.92 Å². The van der Waals surface area contributed by atoms with E-state index in [1.165, 1.54) is 0 Å². The number of hydrogen-bond donors (Lipinski definition) is 3. The fraction of sp³-hybridized carbons (Fsp3) is 1.00. The summed E-state index contributed by atoms with van der Waals surface area (Å²) in [5, 5.41) is 21.2. The van der Waals surface area contributed by atoms with Crippen LogP contribution in [-0.2, 0) is 0 Å². The van der Waals surface area contributed by atoms with Crippen LogP contribution in [0.3, 0.4) is 0 Å². The molecule has 2 atom stereocenters. The summed E-state index contributed by atoms with van der Waals surface area (Å²) in [7, 11) is 0. The number of aliphatic hydroxyl groups excluding tert-OH is 1. The molecule has 12 heavy (non-hydrogen) atoms. The first-order chi connectivity index (χ1) is 5.52. The zero-order valence-corrected chi connectivity index (χ0v) is 8.30. The molecule has 0 aromatic carbocycles. The van der Waals surface area contributed by atoms with Crippen molar-refractivity contribution in [2.75, 3.05) is 19.7 Å². The Hall–Kier alpha value is -0.120. The lowest BCUT2D eigenvalue weighted by atomic mass is 10.1. The molecule has 0 spiro atoms. The van der Waals surface area contributed by atoms with Crippen molar-refractivity contribution in [1.29, 1.82) is 0 Å². The van der Waals surface area contributed by atoms with Gasteiger partial charge in [0, 0.05) is 6.54 Å². The number of nitrogens with one attached hydrogen (secondary N) is 1. The monoisotopic (exact) mass is 175 g/mol. The highest BCUT2D eigenvalue weighted by Crippen LogP contribution is 2.01. The SMILES string of the molecule is CCC(C)CNCC(C)(O)CO. The third kappa shape index (κ3) is 5.52. The molecule has 3 heteroatoms. The molecule has 0 amide bonds. The van der Waals surface area contributed by atoms with E-state index in [1.54, 1.807) is 6.92 Å². The van der Waals surface area contributed by atoms with Crippen LogP contribution in [0.5, 0.6) is 0 Å². The molecule has 0 heterocycles. The lowest BCUT2D eigenvalue weighted by Crippen LogP contribution is -2.42. The molecular weight excluding hydrogens is 154 g/mol. The summed E-state index contributed by atoms with van der Waals surface area (Å²) in [6, 6.07) is 0. The number of rotatable bonds is 6. The molecule has 0 aliphatic rings. The number of aliphatic hydroxyl groups is 2. The summed E-state index contributed by atoms with van der Waals surface area (Å²) >= 11 is 0. The van der Waals surface area contributed by atoms with Crippen LogP contribution in [0.25, 0.3) is 0 Å².